The summed E-state index contributed by atoms with van der Waals surface area (Å²) < 4.78 is 4.84. The van der Waals surface area contributed by atoms with Crippen LogP contribution in [0.1, 0.15) is 16.1 Å². The SMILES string of the molecule is Cc1cnc(NC(=O)COC(=O)c2ccccn2)c(Cl)c1. The van der Waals surface area contributed by atoms with E-state index in [4.69, 9.17) is 16.3 Å². The number of nitrogens with one attached hydrogen (secondary N) is 1. The molecule has 0 aliphatic heterocycles. The van der Waals surface area contributed by atoms with Crippen LogP contribution >= 0.6 is 11.6 Å². The lowest BCUT2D eigenvalue weighted by Crippen LogP contribution is -2.22. The summed E-state index contributed by atoms with van der Waals surface area (Å²) in [4.78, 5) is 31.1. The van der Waals surface area contributed by atoms with Crippen LogP contribution in [0.25, 0.3) is 0 Å². The number of amides is 1. The Bertz CT molecular complexity index is 662. The van der Waals surface area contributed by atoms with Gasteiger partial charge in [-0.3, -0.25) is 4.79 Å². The minimum absolute atomic E-state index is 0.136. The summed E-state index contributed by atoms with van der Waals surface area (Å²) in [5, 5.41) is 2.78. The first-order valence-corrected chi connectivity index (χ1v) is 6.44. The molecule has 0 unspecified atom stereocenters. The quantitative estimate of drug-likeness (QED) is 0.876. The zero-order valence-electron chi connectivity index (χ0n) is 11.2. The number of anilines is 1. The molecule has 108 valence electrons. The van der Waals surface area contributed by atoms with Gasteiger partial charge in [0.25, 0.3) is 5.91 Å². The average molecular weight is 306 g/mol. The zero-order chi connectivity index (χ0) is 15.2. The lowest BCUT2D eigenvalue weighted by molar-refractivity contribution is -0.119. The third-order valence-electron chi connectivity index (χ3n) is 2.44. The van der Waals surface area contributed by atoms with Gasteiger partial charge in [-0.05, 0) is 30.7 Å². The fraction of sp³-hybridized carbons (Fsp3) is 0.143. The number of carbonyl (C=O) groups excluding carboxylic acids is 2. The summed E-state index contributed by atoms with van der Waals surface area (Å²) in [6, 6.07) is 6.50. The molecule has 6 nitrogen and oxygen atoms in total. The van der Waals surface area contributed by atoms with Crippen LogP contribution < -0.4 is 5.32 Å². The van der Waals surface area contributed by atoms with Crippen molar-refractivity contribution in [2.45, 2.75) is 6.92 Å². The van der Waals surface area contributed by atoms with Gasteiger partial charge in [-0.25, -0.2) is 14.8 Å². The second-order valence-electron chi connectivity index (χ2n) is 4.18. The van der Waals surface area contributed by atoms with Crippen molar-refractivity contribution in [3.8, 4) is 0 Å². The first kappa shape index (κ1) is 14.9. The highest BCUT2D eigenvalue weighted by atomic mass is 35.5. The van der Waals surface area contributed by atoms with E-state index in [0.717, 1.165) is 5.56 Å². The van der Waals surface area contributed by atoms with Crippen molar-refractivity contribution in [1.29, 1.82) is 0 Å². The first-order chi connectivity index (χ1) is 10.1. The minimum atomic E-state index is -0.672. The Morgan fingerprint density at radius 1 is 1.33 bits per heavy atom. The van der Waals surface area contributed by atoms with Crippen molar-refractivity contribution in [3.63, 3.8) is 0 Å². The second kappa shape index (κ2) is 6.81. The number of carbonyl (C=O) groups is 2. The molecule has 2 aromatic rings. The van der Waals surface area contributed by atoms with Crippen molar-refractivity contribution >= 4 is 29.3 Å². The molecule has 0 aliphatic carbocycles. The highest BCUT2D eigenvalue weighted by Gasteiger charge is 2.12. The summed E-state index contributed by atoms with van der Waals surface area (Å²) in [7, 11) is 0. The Balaban J connectivity index is 1.89. The van der Waals surface area contributed by atoms with Crippen LogP contribution in [0.5, 0.6) is 0 Å². The Hall–Kier alpha value is -2.47. The van der Waals surface area contributed by atoms with Crippen molar-refractivity contribution in [2.24, 2.45) is 0 Å². The fourth-order valence-electron chi connectivity index (χ4n) is 1.48. The van der Waals surface area contributed by atoms with E-state index in [9.17, 15) is 9.59 Å². The van der Waals surface area contributed by atoms with Gasteiger partial charge < -0.3 is 10.1 Å². The molecule has 1 amide bonds. The maximum Gasteiger partial charge on any atom is 0.357 e. The second-order valence-corrected chi connectivity index (χ2v) is 4.59. The number of halogens is 1. The van der Waals surface area contributed by atoms with Gasteiger partial charge in [0, 0.05) is 12.4 Å². The summed E-state index contributed by atoms with van der Waals surface area (Å²) in [5.41, 5.74) is 1.01. The van der Waals surface area contributed by atoms with Gasteiger partial charge in [-0.15, -0.1) is 0 Å². The number of rotatable bonds is 4. The molecule has 0 fully saturated rings. The van der Waals surface area contributed by atoms with E-state index in [1.807, 2.05) is 6.92 Å². The van der Waals surface area contributed by atoms with E-state index in [-0.39, 0.29) is 11.5 Å². The largest absolute Gasteiger partial charge is 0.451 e. The van der Waals surface area contributed by atoms with Crippen LogP contribution in [0.15, 0.2) is 36.7 Å². The molecule has 2 heterocycles. The van der Waals surface area contributed by atoms with Gasteiger partial charge in [-0.2, -0.15) is 0 Å². The van der Waals surface area contributed by atoms with Crippen molar-refractivity contribution in [2.75, 3.05) is 11.9 Å². The topological polar surface area (TPSA) is 81.2 Å². The van der Waals surface area contributed by atoms with Crippen molar-refractivity contribution < 1.29 is 14.3 Å². The zero-order valence-corrected chi connectivity index (χ0v) is 11.9. The van der Waals surface area contributed by atoms with Gasteiger partial charge in [0.2, 0.25) is 0 Å². The number of hydrogen-bond acceptors (Lipinski definition) is 5. The molecule has 0 aromatic carbocycles. The van der Waals surface area contributed by atoms with Gasteiger partial charge >= 0.3 is 5.97 Å². The molecule has 0 aliphatic rings. The fourth-order valence-corrected chi connectivity index (χ4v) is 1.75. The summed E-state index contributed by atoms with van der Waals surface area (Å²) >= 11 is 5.94. The molecular formula is C14H12ClN3O3. The van der Waals surface area contributed by atoms with Crippen molar-refractivity contribution in [3.05, 3.63) is 52.9 Å². The van der Waals surface area contributed by atoms with Crippen LogP contribution in [-0.2, 0) is 9.53 Å². The maximum atomic E-state index is 11.7. The monoisotopic (exact) mass is 305 g/mol. The highest BCUT2D eigenvalue weighted by Crippen LogP contribution is 2.19. The third kappa shape index (κ3) is 4.25. The summed E-state index contributed by atoms with van der Waals surface area (Å²) in [5.74, 6) is -0.979. The van der Waals surface area contributed by atoms with Crippen LogP contribution in [0, 0.1) is 6.92 Å². The number of hydrogen-bond donors (Lipinski definition) is 1. The standard InChI is InChI=1S/C14H12ClN3O3/c1-9-6-10(15)13(17-7-9)18-12(19)8-21-14(20)11-4-2-3-5-16-11/h2-7H,8H2,1H3,(H,17,18,19). The molecule has 1 N–H and O–H groups in total. The Labute approximate surface area is 126 Å². The Morgan fingerprint density at radius 2 is 2.14 bits per heavy atom. The van der Waals surface area contributed by atoms with E-state index < -0.39 is 18.5 Å². The molecule has 0 atom stereocenters. The maximum absolute atomic E-state index is 11.7. The Kier molecular flexibility index (Phi) is 4.84. The molecule has 7 heteroatoms. The predicted octanol–water partition coefficient (Wildman–Crippen LogP) is 2.23. The molecule has 0 spiro atoms. The first-order valence-electron chi connectivity index (χ1n) is 6.06. The predicted molar refractivity (Wildman–Crippen MR) is 77.1 cm³/mol. The average Bonchev–Trinajstić information content (AvgIpc) is 2.48. The number of nitrogens with zero attached hydrogens (tertiary/aromatic N) is 2. The van der Waals surface area contributed by atoms with Gasteiger partial charge in [0.15, 0.2) is 12.4 Å². The van der Waals surface area contributed by atoms with E-state index in [0.29, 0.717) is 5.02 Å². The highest BCUT2D eigenvalue weighted by molar-refractivity contribution is 6.33. The van der Waals surface area contributed by atoms with Gasteiger partial charge in [0.1, 0.15) is 5.69 Å². The van der Waals surface area contributed by atoms with Gasteiger partial charge in [0.05, 0.1) is 5.02 Å². The van der Waals surface area contributed by atoms with E-state index in [2.05, 4.69) is 15.3 Å². The molecule has 2 aromatic heterocycles. The van der Waals surface area contributed by atoms with E-state index >= 15 is 0 Å². The number of pyridine rings is 2. The van der Waals surface area contributed by atoms with Crippen LogP contribution in [0.3, 0.4) is 0 Å². The molecule has 0 saturated heterocycles. The Morgan fingerprint density at radius 3 is 2.81 bits per heavy atom. The molecular weight excluding hydrogens is 294 g/mol. The summed E-state index contributed by atoms with van der Waals surface area (Å²) in [6.07, 6.45) is 3.04. The molecule has 0 bridgehead atoms. The number of aryl methyl sites for hydroxylation is 1. The number of esters is 1. The smallest absolute Gasteiger partial charge is 0.357 e. The van der Waals surface area contributed by atoms with Crippen LogP contribution in [-0.4, -0.2) is 28.5 Å². The van der Waals surface area contributed by atoms with Gasteiger partial charge in [-0.1, -0.05) is 17.7 Å². The molecule has 0 radical (unpaired) electrons. The molecule has 2 rings (SSSR count). The number of ether oxygens (including phenoxy) is 1. The normalized spacial score (nSPS) is 10.0. The van der Waals surface area contributed by atoms with Crippen LogP contribution in [0.2, 0.25) is 5.02 Å². The lowest BCUT2D eigenvalue weighted by atomic mass is 10.3. The van der Waals surface area contributed by atoms with Crippen LogP contribution in [0.4, 0.5) is 5.82 Å². The van der Waals surface area contributed by atoms with E-state index in [1.54, 1.807) is 24.4 Å². The summed E-state index contributed by atoms with van der Waals surface area (Å²) in [6.45, 7) is 1.39. The number of aromatic nitrogens is 2. The molecule has 0 saturated carbocycles. The minimum Gasteiger partial charge on any atom is -0.451 e. The molecule has 21 heavy (non-hydrogen) atoms. The third-order valence-corrected chi connectivity index (χ3v) is 2.73. The van der Waals surface area contributed by atoms with Crippen molar-refractivity contribution in [1.82, 2.24) is 9.97 Å². The van der Waals surface area contributed by atoms with E-state index in [1.165, 1.54) is 12.3 Å². The lowest BCUT2D eigenvalue weighted by Gasteiger charge is -2.07.